The van der Waals surface area contributed by atoms with Gasteiger partial charge in [0, 0.05) is 32.7 Å². The number of anilines is 1. The van der Waals surface area contributed by atoms with Crippen LogP contribution < -0.4 is 21.5 Å². The summed E-state index contributed by atoms with van der Waals surface area (Å²) in [5, 5.41) is 2.92. The Balaban J connectivity index is 2.07. The van der Waals surface area contributed by atoms with Gasteiger partial charge in [-0.3, -0.25) is 14.2 Å². The molecule has 1 N–H and O–H groups in total. The topological polar surface area (TPSA) is 130 Å². The van der Waals surface area contributed by atoms with E-state index in [4.69, 9.17) is 9.72 Å². The third-order valence-corrected chi connectivity index (χ3v) is 5.83. The SMILES string of the molecule is COC(=O)Cn1c(=O)c2c(nc(N3CCC[C@H](NC(=O)OC(C)(C)C)C3)n2CC=C(C)C)n(C)c1=O. The van der Waals surface area contributed by atoms with E-state index in [0.717, 1.165) is 23.0 Å². The molecule has 0 bridgehead atoms. The molecule has 1 aliphatic rings. The van der Waals surface area contributed by atoms with Gasteiger partial charge >= 0.3 is 17.8 Å². The van der Waals surface area contributed by atoms with E-state index in [-0.39, 0.29) is 17.2 Å². The number of piperidine rings is 1. The first-order chi connectivity index (χ1) is 16.8. The number of ether oxygens (including phenoxy) is 2. The maximum atomic E-state index is 13.4. The molecule has 1 amide bonds. The minimum absolute atomic E-state index is 0.176. The number of methoxy groups -OCH3 is 1. The van der Waals surface area contributed by atoms with Gasteiger partial charge in [-0.15, -0.1) is 0 Å². The molecule has 3 rings (SSSR count). The van der Waals surface area contributed by atoms with E-state index in [9.17, 15) is 19.2 Å². The predicted octanol–water partition coefficient (Wildman–Crippen LogP) is 1.53. The molecule has 1 atom stereocenters. The highest BCUT2D eigenvalue weighted by Gasteiger charge is 2.29. The third-order valence-electron chi connectivity index (χ3n) is 5.83. The average Bonchev–Trinajstić information content (AvgIpc) is 3.17. The summed E-state index contributed by atoms with van der Waals surface area (Å²) in [7, 11) is 2.72. The van der Waals surface area contributed by atoms with Crippen LogP contribution in [0.1, 0.15) is 47.5 Å². The number of hydrogen-bond donors (Lipinski definition) is 1. The first-order valence-electron chi connectivity index (χ1n) is 12.0. The molecule has 0 unspecified atom stereocenters. The van der Waals surface area contributed by atoms with E-state index in [0.29, 0.717) is 25.6 Å². The summed E-state index contributed by atoms with van der Waals surface area (Å²) < 4.78 is 14.0. The second-order valence-electron chi connectivity index (χ2n) is 10.2. The lowest BCUT2D eigenvalue weighted by Gasteiger charge is -2.34. The van der Waals surface area contributed by atoms with Crippen molar-refractivity contribution in [3.05, 3.63) is 32.5 Å². The molecule has 36 heavy (non-hydrogen) atoms. The number of rotatable bonds is 6. The third kappa shape index (κ3) is 5.97. The molecular weight excluding hydrogens is 468 g/mol. The van der Waals surface area contributed by atoms with E-state index >= 15 is 0 Å². The van der Waals surface area contributed by atoms with E-state index < -0.39 is 35.5 Å². The van der Waals surface area contributed by atoms with Gasteiger partial charge in [0.2, 0.25) is 5.95 Å². The van der Waals surface area contributed by atoms with Crippen molar-refractivity contribution >= 4 is 29.2 Å². The fourth-order valence-corrected chi connectivity index (χ4v) is 4.13. The highest BCUT2D eigenvalue weighted by Crippen LogP contribution is 2.24. The number of esters is 1. The van der Waals surface area contributed by atoms with Crippen LogP contribution in [0.25, 0.3) is 11.2 Å². The van der Waals surface area contributed by atoms with Crippen LogP contribution >= 0.6 is 0 Å². The lowest BCUT2D eigenvalue weighted by Crippen LogP contribution is -2.49. The van der Waals surface area contributed by atoms with Crippen LogP contribution in [0.4, 0.5) is 10.7 Å². The Morgan fingerprint density at radius 3 is 2.50 bits per heavy atom. The maximum absolute atomic E-state index is 13.4. The Kier molecular flexibility index (Phi) is 7.95. The van der Waals surface area contributed by atoms with Gasteiger partial charge in [0.1, 0.15) is 12.1 Å². The van der Waals surface area contributed by atoms with Gasteiger partial charge in [-0.05, 0) is 47.5 Å². The molecule has 1 fully saturated rings. The predicted molar refractivity (Wildman–Crippen MR) is 135 cm³/mol. The molecule has 2 aromatic heterocycles. The number of imidazole rings is 1. The Morgan fingerprint density at radius 1 is 1.19 bits per heavy atom. The average molecular weight is 505 g/mol. The summed E-state index contributed by atoms with van der Waals surface area (Å²) in [5.41, 5.74) is -0.378. The molecule has 12 nitrogen and oxygen atoms in total. The molecular formula is C24H36N6O6. The van der Waals surface area contributed by atoms with Crippen LogP contribution in [0.5, 0.6) is 0 Å². The molecule has 1 aliphatic heterocycles. The van der Waals surface area contributed by atoms with Crippen LogP contribution in [0.2, 0.25) is 0 Å². The van der Waals surface area contributed by atoms with E-state index in [1.165, 1.54) is 18.7 Å². The molecule has 0 saturated carbocycles. The van der Waals surface area contributed by atoms with Crippen molar-refractivity contribution in [3.63, 3.8) is 0 Å². The standard InChI is InChI=1S/C24H36N6O6/c1-15(2)10-12-29-18-19(27(6)23(34)30(20(18)32)14-17(31)35-7)26-21(29)28-11-8-9-16(13-28)25-22(33)36-24(3,4)5/h10,16H,8-9,11-14H2,1-7H3,(H,25,33)/t16-/m0/s1. The molecule has 0 aliphatic carbocycles. The van der Waals surface area contributed by atoms with Crippen molar-refractivity contribution in [2.75, 3.05) is 25.1 Å². The molecule has 0 aromatic carbocycles. The van der Waals surface area contributed by atoms with Gasteiger partial charge in [-0.1, -0.05) is 11.6 Å². The minimum Gasteiger partial charge on any atom is -0.468 e. The number of aromatic nitrogens is 4. The normalized spacial score (nSPS) is 16.1. The summed E-state index contributed by atoms with van der Waals surface area (Å²) in [4.78, 5) is 57.2. The first-order valence-corrected chi connectivity index (χ1v) is 12.0. The molecule has 198 valence electrons. The maximum Gasteiger partial charge on any atom is 0.407 e. The van der Waals surface area contributed by atoms with Crippen LogP contribution in [0, 0.1) is 0 Å². The van der Waals surface area contributed by atoms with Gasteiger partial charge in [0.25, 0.3) is 5.56 Å². The van der Waals surface area contributed by atoms with Crippen LogP contribution in [0.15, 0.2) is 21.2 Å². The number of fused-ring (bicyclic) bond motifs is 1. The molecule has 12 heteroatoms. The Morgan fingerprint density at radius 2 is 1.89 bits per heavy atom. The van der Waals surface area contributed by atoms with E-state index in [2.05, 4.69) is 10.1 Å². The van der Waals surface area contributed by atoms with Gasteiger partial charge < -0.3 is 24.3 Å². The number of allylic oxidation sites excluding steroid dienone is 2. The van der Waals surface area contributed by atoms with Crippen molar-refractivity contribution < 1.29 is 19.1 Å². The zero-order valence-corrected chi connectivity index (χ0v) is 22.1. The number of aryl methyl sites for hydroxylation is 1. The van der Waals surface area contributed by atoms with Crippen molar-refractivity contribution in [1.82, 2.24) is 24.0 Å². The van der Waals surface area contributed by atoms with Gasteiger partial charge in [0.15, 0.2) is 11.2 Å². The Labute approximate surface area is 209 Å². The summed E-state index contributed by atoms with van der Waals surface area (Å²) in [6.07, 6.45) is 3.03. The van der Waals surface area contributed by atoms with Gasteiger partial charge in [-0.2, -0.15) is 4.98 Å². The molecule has 0 spiro atoms. The van der Waals surface area contributed by atoms with Gasteiger partial charge in [-0.25, -0.2) is 14.2 Å². The minimum atomic E-state index is -0.698. The fourth-order valence-electron chi connectivity index (χ4n) is 4.13. The van der Waals surface area contributed by atoms with Crippen LogP contribution in [0.3, 0.4) is 0 Å². The van der Waals surface area contributed by atoms with Crippen molar-refractivity contribution in [2.45, 2.75) is 72.2 Å². The van der Waals surface area contributed by atoms with Crippen LogP contribution in [-0.2, 0) is 34.4 Å². The molecule has 0 radical (unpaired) electrons. The number of carbonyl (C=O) groups is 2. The highest BCUT2D eigenvalue weighted by atomic mass is 16.6. The summed E-state index contributed by atoms with van der Waals surface area (Å²) in [6, 6.07) is -0.176. The zero-order chi connectivity index (χ0) is 26.8. The van der Waals surface area contributed by atoms with Crippen LogP contribution in [-0.4, -0.2) is 62.6 Å². The molecule has 1 saturated heterocycles. The number of nitrogens with one attached hydrogen (secondary N) is 1. The number of alkyl carbamates (subject to hydrolysis) is 1. The summed E-state index contributed by atoms with van der Waals surface area (Å²) in [5.74, 6) is -0.183. The Bertz CT molecular complexity index is 1290. The second kappa shape index (κ2) is 10.6. The van der Waals surface area contributed by atoms with E-state index in [1.54, 1.807) is 4.57 Å². The number of amides is 1. The fraction of sp³-hybridized carbons (Fsp3) is 0.625. The molecule has 2 aromatic rings. The van der Waals surface area contributed by atoms with Gasteiger partial charge in [0.05, 0.1) is 7.11 Å². The first kappa shape index (κ1) is 27.0. The Hall–Kier alpha value is -3.57. The zero-order valence-electron chi connectivity index (χ0n) is 22.1. The van der Waals surface area contributed by atoms with Crippen molar-refractivity contribution in [2.24, 2.45) is 7.05 Å². The van der Waals surface area contributed by atoms with E-state index in [1.807, 2.05) is 45.6 Å². The monoisotopic (exact) mass is 504 g/mol. The quantitative estimate of drug-likeness (QED) is 0.463. The summed E-state index contributed by atoms with van der Waals surface area (Å²) >= 11 is 0. The number of hydrogen-bond acceptors (Lipinski definition) is 8. The lowest BCUT2D eigenvalue weighted by atomic mass is 10.1. The number of carbonyl (C=O) groups excluding carboxylic acids is 2. The largest absolute Gasteiger partial charge is 0.468 e. The highest BCUT2D eigenvalue weighted by molar-refractivity contribution is 5.76. The molecule has 3 heterocycles. The second-order valence-corrected chi connectivity index (χ2v) is 10.2. The van der Waals surface area contributed by atoms with Crippen molar-refractivity contribution in [3.8, 4) is 0 Å². The van der Waals surface area contributed by atoms with Crippen molar-refractivity contribution in [1.29, 1.82) is 0 Å². The smallest absolute Gasteiger partial charge is 0.407 e. The summed E-state index contributed by atoms with van der Waals surface area (Å²) in [6.45, 7) is 10.3. The lowest BCUT2D eigenvalue weighted by molar-refractivity contribution is -0.141. The number of nitrogens with zero attached hydrogens (tertiary/aromatic N) is 5.